The van der Waals surface area contributed by atoms with Crippen LogP contribution in [0.2, 0.25) is 0 Å². The summed E-state index contributed by atoms with van der Waals surface area (Å²) >= 11 is 0. The van der Waals surface area contributed by atoms with Gasteiger partial charge in [0.1, 0.15) is 0 Å². The topological polar surface area (TPSA) is 91.8 Å². The third kappa shape index (κ3) is 4.85. The Balaban J connectivity index is 1.37. The van der Waals surface area contributed by atoms with E-state index in [0.29, 0.717) is 17.4 Å². The number of imidazole rings is 1. The van der Waals surface area contributed by atoms with Crippen LogP contribution in [0.15, 0.2) is 47.6 Å². The fourth-order valence-corrected chi connectivity index (χ4v) is 4.18. The van der Waals surface area contributed by atoms with Gasteiger partial charge in [-0.05, 0) is 69.0 Å². The normalized spacial score (nSPS) is 18.8. The Morgan fingerprint density at radius 1 is 1.22 bits per heavy atom. The first-order chi connectivity index (χ1) is 15.5. The Morgan fingerprint density at radius 3 is 2.75 bits per heavy atom. The van der Waals surface area contributed by atoms with Crippen molar-refractivity contribution in [2.45, 2.75) is 45.2 Å². The molecule has 2 N–H and O–H groups in total. The molecule has 0 radical (unpaired) electrons. The number of carbonyl (C=O) groups excluding carboxylic acids is 1. The molecular weight excluding hydrogens is 406 g/mol. The average molecular weight is 436 g/mol. The summed E-state index contributed by atoms with van der Waals surface area (Å²) in [6, 6.07) is 13.7. The molecule has 0 spiro atoms. The highest BCUT2D eigenvalue weighted by Crippen LogP contribution is 2.28. The molecular formula is C24H29N5O3. The number of aromatic amines is 1. The molecule has 1 aliphatic rings. The molecule has 0 saturated carbocycles. The number of H-pyrrole nitrogens is 1. The zero-order chi connectivity index (χ0) is 22.5. The molecule has 1 fully saturated rings. The van der Waals surface area contributed by atoms with Crippen LogP contribution in [0.4, 0.5) is 5.95 Å². The number of benzene rings is 2. The Hall–Kier alpha value is -3.55. The van der Waals surface area contributed by atoms with Gasteiger partial charge in [-0.2, -0.15) is 5.10 Å². The van der Waals surface area contributed by atoms with Crippen LogP contribution in [0.5, 0.6) is 11.5 Å². The molecule has 2 unspecified atom stereocenters. The summed E-state index contributed by atoms with van der Waals surface area (Å²) in [5, 5.41) is 4.24. The molecule has 8 heteroatoms. The molecule has 32 heavy (non-hydrogen) atoms. The average Bonchev–Trinajstić information content (AvgIpc) is 3.20. The van der Waals surface area contributed by atoms with E-state index in [9.17, 15) is 4.79 Å². The van der Waals surface area contributed by atoms with Gasteiger partial charge < -0.3 is 19.4 Å². The summed E-state index contributed by atoms with van der Waals surface area (Å²) in [6.45, 7) is 4.19. The van der Waals surface area contributed by atoms with Crippen LogP contribution in [0.25, 0.3) is 11.0 Å². The molecule has 2 atom stereocenters. The fourth-order valence-electron chi connectivity index (χ4n) is 4.18. The lowest BCUT2D eigenvalue weighted by Gasteiger charge is -2.39. The van der Waals surface area contributed by atoms with Gasteiger partial charge in [-0.25, -0.2) is 10.4 Å². The van der Waals surface area contributed by atoms with Crippen molar-refractivity contribution in [3.05, 3.63) is 48.0 Å². The summed E-state index contributed by atoms with van der Waals surface area (Å²) < 4.78 is 11.3. The van der Waals surface area contributed by atoms with E-state index in [-0.39, 0.29) is 24.6 Å². The van der Waals surface area contributed by atoms with Crippen molar-refractivity contribution >= 4 is 29.1 Å². The number of methoxy groups -OCH3 is 1. The molecule has 168 valence electrons. The lowest BCUT2D eigenvalue weighted by Crippen LogP contribution is -2.49. The van der Waals surface area contributed by atoms with Gasteiger partial charge in [0.15, 0.2) is 18.1 Å². The monoisotopic (exact) mass is 435 g/mol. The number of nitrogens with one attached hydrogen (secondary N) is 2. The maximum absolute atomic E-state index is 12.7. The number of piperidine rings is 1. The van der Waals surface area contributed by atoms with Gasteiger partial charge in [0.2, 0.25) is 5.95 Å². The number of hydrogen-bond acceptors (Lipinski definition) is 6. The minimum absolute atomic E-state index is 0.00688. The number of likely N-dealkylation sites (tertiary alicyclic amines) is 1. The lowest BCUT2D eigenvalue weighted by atomic mass is 9.97. The maximum atomic E-state index is 12.7. The quantitative estimate of drug-likeness (QED) is 0.429. The smallest absolute Gasteiger partial charge is 0.260 e. The van der Waals surface area contributed by atoms with Gasteiger partial charge in [-0.15, -0.1) is 0 Å². The number of carbonyl (C=O) groups is 1. The van der Waals surface area contributed by atoms with E-state index in [1.54, 1.807) is 19.4 Å². The van der Waals surface area contributed by atoms with Crippen molar-refractivity contribution < 1.29 is 14.3 Å². The molecule has 0 bridgehead atoms. The molecule has 2 aromatic carbocycles. The first kappa shape index (κ1) is 21.7. The predicted octanol–water partition coefficient (Wildman–Crippen LogP) is 4.19. The van der Waals surface area contributed by atoms with Crippen molar-refractivity contribution in [2.75, 3.05) is 19.1 Å². The summed E-state index contributed by atoms with van der Waals surface area (Å²) in [5.74, 6) is 1.65. The van der Waals surface area contributed by atoms with Gasteiger partial charge in [0.05, 0.1) is 24.4 Å². The SMILES string of the molecule is COc1cc(C=NNc2nc3ccccc3[nH]2)ccc1OCC(=O)N1C(C)CCCC1C. The standard InChI is InChI=1S/C24H29N5O3/c1-16-7-6-8-17(2)29(16)23(30)15-32-21-12-11-18(13-22(21)31-3)14-25-28-24-26-19-9-4-5-10-20(19)27-24/h4-5,9-14,16-17H,6-8,15H2,1-3H3,(H2,26,27,28). The van der Waals surface area contributed by atoms with Gasteiger partial charge in [-0.1, -0.05) is 12.1 Å². The van der Waals surface area contributed by atoms with Crippen LogP contribution >= 0.6 is 0 Å². The van der Waals surface area contributed by atoms with Gasteiger partial charge in [0, 0.05) is 12.1 Å². The van der Waals surface area contributed by atoms with Crippen molar-refractivity contribution in [1.29, 1.82) is 0 Å². The zero-order valence-electron chi connectivity index (χ0n) is 18.7. The second-order valence-corrected chi connectivity index (χ2v) is 8.10. The molecule has 4 rings (SSSR count). The Morgan fingerprint density at radius 2 is 2.00 bits per heavy atom. The number of rotatable bonds is 7. The van der Waals surface area contributed by atoms with Crippen LogP contribution in [-0.2, 0) is 4.79 Å². The molecule has 0 aliphatic carbocycles. The number of hydrazone groups is 1. The second-order valence-electron chi connectivity index (χ2n) is 8.10. The molecule has 3 aromatic rings. The van der Waals surface area contributed by atoms with Crippen LogP contribution < -0.4 is 14.9 Å². The maximum Gasteiger partial charge on any atom is 0.260 e. The van der Waals surface area contributed by atoms with E-state index in [2.05, 4.69) is 34.3 Å². The summed E-state index contributed by atoms with van der Waals surface area (Å²) in [7, 11) is 1.58. The summed E-state index contributed by atoms with van der Waals surface area (Å²) in [4.78, 5) is 22.2. The van der Waals surface area contributed by atoms with Gasteiger partial charge in [-0.3, -0.25) is 4.79 Å². The predicted molar refractivity (Wildman–Crippen MR) is 125 cm³/mol. The number of aromatic nitrogens is 2. The van der Waals surface area contributed by atoms with Crippen molar-refractivity contribution in [3.8, 4) is 11.5 Å². The molecule has 1 aromatic heterocycles. The minimum atomic E-state index is -0.00785. The molecule has 2 heterocycles. The first-order valence-electron chi connectivity index (χ1n) is 10.9. The largest absolute Gasteiger partial charge is 0.493 e. The Bertz CT molecular complexity index is 1070. The van der Waals surface area contributed by atoms with Crippen molar-refractivity contribution in [3.63, 3.8) is 0 Å². The number of amides is 1. The van der Waals surface area contributed by atoms with E-state index in [4.69, 9.17) is 9.47 Å². The van der Waals surface area contributed by atoms with Gasteiger partial charge in [0.25, 0.3) is 5.91 Å². The number of fused-ring (bicyclic) bond motifs is 1. The number of nitrogens with zero attached hydrogens (tertiary/aromatic N) is 3. The number of anilines is 1. The highest BCUT2D eigenvalue weighted by atomic mass is 16.5. The number of hydrogen-bond donors (Lipinski definition) is 2. The highest BCUT2D eigenvalue weighted by molar-refractivity contribution is 5.82. The number of para-hydroxylation sites is 2. The first-order valence-corrected chi connectivity index (χ1v) is 10.9. The third-order valence-electron chi connectivity index (χ3n) is 5.79. The van der Waals surface area contributed by atoms with E-state index in [0.717, 1.165) is 35.9 Å². The zero-order valence-corrected chi connectivity index (χ0v) is 18.7. The lowest BCUT2D eigenvalue weighted by molar-refractivity contribution is -0.139. The van der Waals surface area contributed by atoms with Crippen LogP contribution in [0, 0.1) is 0 Å². The van der Waals surface area contributed by atoms with E-state index >= 15 is 0 Å². The van der Waals surface area contributed by atoms with Crippen molar-refractivity contribution in [1.82, 2.24) is 14.9 Å². The van der Waals surface area contributed by atoms with Gasteiger partial charge >= 0.3 is 0 Å². The Kier molecular flexibility index (Phi) is 6.58. The molecule has 1 amide bonds. The van der Waals surface area contributed by atoms with E-state index in [1.165, 1.54) is 0 Å². The summed E-state index contributed by atoms with van der Waals surface area (Å²) in [6.07, 6.45) is 4.90. The van der Waals surface area contributed by atoms with Crippen LogP contribution in [0.1, 0.15) is 38.7 Å². The highest BCUT2D eigenvalue weighted by Gasteiger charge is 2.29. The third-order valence-corrected chi connectivity index (χ3v) is 5.79. The van der Waals surface area contributed by atoms with E-state index in [1.807, 2.05) is 41.3 Å². The van der Waals surface area contributed by atoms with Crippen LogP contribution in [-0.4, -0.2) is 52.8 Å². The summed E-state index contributed by atoms with van der Waals surface area (Å²) in [5.41, 5.74) is 5.53. The van der Waals surface area contributed by atoms with Crippen LogP contribution in [0.3, 0.4) is 0 Å². The molecule has 8 nitrogen and oxygen atoms in total. The second kappa shape index (κ2) is 9.72. The number of ether oxygens (including phenoxy) is 2. The molecule has 1 saturated heterocycles. The minimum Gasteiger partial charge on any atom is -0.493 e. The molecule has 1 aliphatic heterocycles. The van der Waals surface area contributed by atoms with E-state index < -0.39 is 0 Å². The fraction of sp³-hybridized carbons (Fsp3) is 0.375. The van der Waals surface area contributed by atoms with Crippen molar-refractivity contribution in [2.24, 2.45) is 5.10 Å². The Labute approximate surface area is 187 Å².